The quantitative estimate of drug-likeness (QED) is 0.807. The van der Waals surface area contributed by atoms with Crippen molar-refractivity contribution >= 4 is 27.7 Å². The van der Waals surface area contributed by atoms with E-state index in [4.69, 9.17) is 5.73 Å². The first-order chi connectivity index (χ1) is 7.33. The highest BCUT2D eigenvalue weighted by atomic mass is 79.9. The van der Waals surface area contributed by atoms with Crippen LogP contribution in [0.1, 0.15) is 24.2 Å². The maximum Gasteiger partial charge on any atom is 0.252 e. The molecule has 0 aliphatic rings. The van der Waals surface area contributed by atoms with E-state index >= 15 is 0 Å². The molecule has 3 N–H and O–H groups in total. The zero-order valence-electron chi connectivity index (χ0n) is 8.95. The Hall–Kier alpha value is -1.43. The lowest BCUT2D eigenvalue weighted by atomic mass is 10.0. The predicted molar refractivity (Wildman–Crippen MR) is 62.7 cm³/mol. The van der Waals surface area contributed by atoms with Crippen LogP contribution in [0, 0.1) is 0 Å². The molecule has 86 valence electrons. The van der Waals surface area contributed by atoms with Gasteiger partial charge in [-0.3, -0.25) is 9.59 Å². The molecule has 0 radical (unpaired) electrons. The SMILES string of the molecule is CC(C)(NC(=O)c1ccnc(Br)c1)C(N)=O. The zero-order chi connectivity index (χ0) is 12.3. The molecule has 0 fully saturated rings. The van der Waals surface area contributed by atoms with Gasteiger partial charge in [0.2, 0.25) is 5.91 Å². The molecule has 0 bridgehead atoms. The molecule has 0 atom stereocenters. The lowest BCUT2D eigenvalue weighted by Gasteiger charge is -2.22. The number of aromatic nitrogens is 1. The smallest absolute Gasteiger partial charge is 0.252 e. The molecule has 0 spiro atoms. The highest BCUT2D eigenvalue weighted by molar-refractivity contribution is 9.10. The van der Waals surface area contributed by atoms with Crippen LogP contribution in [0.2, 0.25) is 0 Å². The summed E-state index contributed by atoms with van der Waals surface area (Å²) in [7, 11) is 0. The van der Waals surface area contributed by atoms with E-state index < -0.39 is 11.4 Å². The van der Waals surface area contributed by atoms with Crippen LogP contribution >= 0.6 is 15.9 Å². The Bertz CT molecular complexity index is 432. The summed E-state index contributed by atoms with van der Waals surface area (Å²) >= 11 is 3.16. The van der Waals surface area contributed by atoms with E-state index in [0.717, 1.165) is 0 Å². The average Bonchev–Trinajstić information content (AvgIpc) is 2.16. The van der Waals surface area contributed by atoms with Gasteiger partial charge in [0.25, 0.3) is 5.91 Å². The number of primary amides is 1. The van der Waals surface area contributed by atoms with E-state index in [1.807, 2.05) is 0 Å². The van der Waals surface area contributed by atoms with Crippen molar-refractivity contribution in [3.63, 3.8) is 0 Å². The van der Waals surface area contributed by atoms with Gasteiger partial charge >= 0.3 is 0 Å². The number of pyridine rings is 1. The topological polar surface area (TPSA) is 85.1 Å². The second-order valence-corrected chi connectivity index (χ2v) is 4.62. The fraction of sp³-hybridized carbons (Fsp3) is 0.300. The van der Waals surface area contributed by atoms with Crippen molar-refractivity contribution in [3.05, 3.63) is 28.5 Å². The molecular formula is C10H12BrN3O2. The maximum absolute atomic E-state index is 11.7. The summed E-state index contributed by atoms with van der Waals surface area (Å²) in [6, 6.07) is 3.11. The highest BCUT2D eigenvalue weighted by Gasteiger charge is 2.27. The molecule has 0 saturated heterocycles. The first kappa shape index (κ1) is 12.6. The number of rotatable bonds is 3. The Morgan fingerprint density at radius 3 is 2.62 bits per heavy atom. The molecule has 6 heteroatoms. The standard InChI is InChI=1S/C10H12BrN3O2/c1-10(2,9(12)16)14-8(15)6-3-4-13-7(11)5-6/h3-5H,1-2H3,(H2,12,16)(H,14,15). The summed E-state index contributed by atoms with van der Waals surface area (Å²) in [6.45, 7) is 3.09. The van der Waals surface area contributed by atoms with Gasteiger partial charge in [0, 0.05) is 11.8 Å². The van der Waals surface area contributed by atoms with Crippen LogP contribution in [0.4, 0.5) is 0 Å². The highest BCUT2D eigenvalue weighted by Crippen LogP contribution is 2.09. The molecule has 0 aromatic carbocycles. The number of nitrogens with zero attached hydrogens (tertiary/aromatic N) is 1. The third-order valence-electron chi connectivity index (χ3n) is 2.03. The number of amides is 2. The maximum atomic E-state index is 11.7. The van der Waals surface area contributed by atoms with Crippen LogP contribution < -0.4 is 11.1 Å². The largest absolute Gasteiger partial charge is 0.368 e. The van der Waals surface area contributed by atoms with Crippen LogP contribution in [0.5, 0.6) is 0 Å². The van der Waals surface area contributed by atoms with Gasteiger partial charge in [0.15, 0.2) is 0 Å². The van der Waals surface area contributed by atoms with Gasteiger partial charge in [0.1, 0.15) is 10.1 Å². The summed E-state index contributed by atoms with van der Waals surface area (Å²) in [5.41, 5.74) is 4.49. The minimum atomic E-state index is -1.08. The van der Waals surface area contributed by atoms with E-state index in [0.29, 0.717) is 10.2 Å². The van der Waals surface area contributed by atoms with Gasteiger partial charge in [-0.15, -0.1) is 0 Å². The van der Waals surface area contributed by atoms with Crippen molar-refractivity contribution in [3.8, 4) is 0 Å². The van der Waals surface area contributed by atoms with Gasteiger partial charge < -0.3 is 11.1 Å². The number of hydrogen-bond donors (Lipinski definition) is 2. The van der Waals surface area contributed by atoms with Gasteiger partial charge in [-0.05, 0) is 41.9 Å². The molecule has 0 unspecified atom stereocenters. The lowest BCUT2D eigenvalue weighted by Crippen LogP contribution is -2.53. The summed E-state index contributed by atoms with van der Waals surface area (Å²) < 4.78 is 0.553. The van der Waals surface area contributed by atoms with Crippen molar-refractivity contribution < 1.29 is 9.59 Å². The van der Waals surface area contributed by atoms with Crippen LogP contribution in [-0.4, -0.2) is 22.3 Å². The van der Waals surface area contributed by atoms with Crippen LogP contribution in [0.3, 0.4) is 0 Å². The van der Waals surface area contributed by atoms with E-state index in [-0.39, 0.29) is 5.91 Å². The molecule has 2 amide bonds. The van der Waals surface area contributed by atoms with Crippen molar-refractivity contribution in [1.82, 2.24) is 10.3 Å². The third-order valence-corrected chi connectivity index (χ3v) is 2.46. The zero-order valence-corrected chi connectivity index (χ0v) is 10.5. The third kappa shape index (κ3) is 3.03. The van der Waals surface area contributed by atoms with E-state index in [1.165, 1.54) is 6.20 Å². The molecule has 1 heterocycles. The van der Waals surface area contributed by atoms with Crippen molar-refractivity contribution in [2.75, 3.05) is 0 Å². The lowest BCUT2D eigenvalue weighted by molar-refractivity contribution is -0.122. The fourth-order valence-electron chi connectivity index (χ4n) is 0.961. The molecule has 16 heavy (non-hydrogen) atoms. The Labute approximate surface area is 102 Å². The van der Waals surface area contributed by atoms with Crippen molar-refractivity contribution in [1.29, 1.82) is 0 Å². The summed E-state index contributed by atoms with van der Waals surface area (Å²) in [5, 5.41) is 2.54. The molecule has 0 aliphatic carbocycles. The molecule has 5 nitrogen and oxygen atoms in total. The van der Waals surface area contributed by atoms with Gasteiger partial charge in [-0.2, -0.15) is 0 Å². The Balaban J connectivity index is 2.85. The van der Waals surface area contributed by atoms with Crippen LogP contribution in [-0.2, 0) is 4.79 Å². The monoisotopic (exact) mass is 285 g/mol. The number of hydrogen-bond acceptors (Lipinski definition) is 3. The number of nitrogens with two attached hydrogens (primary N) is 1. The first-order valence-electron chi connectivity index (χ1n) is 4.57. The number of halogens is 1. The van der Waals surface area contributed by atoms with Crippen LogP contribution in [0.25, 0.3) is 0 Å². The van der Waals surface area contributed by atoms with Gasteiger partial charge in [-0.25, -0.2) is 4.98 Å². The van der Waals surface area contributed by atoms with Crippen molar-refractivity contribution in [2.24, 2.45) is 5.73 Å². The Kier molecular flexibility index (Phi) is 3.64. The second-order valence-electron chi connectivity index (χ2n) is 3.81. The van der Waals surface area contributed by atoms with Crippen molar-refractivity contribution in [2.45, 2.75) is 19.4 Å². The second kappa shape index (κ2) is 4.61. The van der Waals surface area contributed by atoms with Gasteiger partial charge in [-0.1, -0.05) is 0 Å². The van der Waals surface area contributed by atoms with E-state index in [9.17, 15) is 9.59 Å². The number of carbonyl (C=O) groups excluding carboxylic acids is 2. The Morgan fingerprint density at radius 2 is 2.12 bits per heavy atom. The predicted octanol–water partition coefficient (Wildman–Crippen LogP) is 0.838. The minimum Gasteiger partial charge on any atom is -0.368 e. The number of carbonyl (C=O) groups is 2. The summed E-state index contributed by atoms with van der Waals surface area (Å²) in [5.74, 6) is -0.958. The Morgan fingerprint density at radius 1 is 1.50 bits per heavy atom. The summed E-state index contributed by atoms with van der Waals surface area (Å²) in [6.07, 6.45) is 1.50. The summed E-state index contributed by atoms with van der Waals surface area (Å²) in [4.78, 5) is 26.7. The molecule has 0 saturated carbocycles. The minimum absolute atomic E-state index is 0.369. The molecular weight excluding hydrogens is 274 g/mol. The molecule has 1 aromatic heterocycles. The molecule has 0 aliphatic heterocycles. The average molecular weight is 286 g/mol. The molecule has 1 aromatic rings. The van der Waals surface area contributed by atoms with Crippen LogP contribution in [0.15, 0.2) is 22.9 Å². The van der Waals surface area contributed by atoms with E-state index in [1.54, 1.807) is 26.0 Å². The van der Waals surface area contributed by atoms with E-state index in [2.05, 4.69) is 26.2 Å². The molecule has 1 rings (SSSR count). The first-order valence-corrected chi connectivity index (χ1v) is 5.36. The van der Waals surface area contributed by atoms with Gasteiger partial charge in [0.05, 0.1) is 0 Å². The number of nitrogens with one attached hydrogen (secondary N) is 1. The fourth-order valence-corrected chi connectivity index (χ4v) is 1.33. The normalized spacial score (nSPS) is 10.9.